The maximum Gasteiger partial charge on any atom is 0.130 e. The van der Waals surface area contributed by atoms with E-state index in [0.717, 1.165) is 0 Å². The van der Waals surface area contributed by atoms with Crippen LogP contribution in [0.2, 0.25) is 0 Å². The zero-order valence-corrected chi connectivity index (χ0v) is 4.26. The van der Waals surface area contributed by atoms with Gasteiger partial charge in [-0.3, -0.25) is 0 Å². The first-order chi connectivity index (χ1) is 1.41. The van der Waals surface area contributed by atoms with Gasteiger partial charge in [0.15, 0.2) is 0 Å². The molecule has 0 aromatic carbocycles. The largest absolute Gasteiger partial charge is 0.185 e. The molecule has 0 atom stereocenters. The van der Waals surface area contributed by atoms with Crippen molar-refractivity contribution < 1.29 is 19.5 Å². The van der Waals surface area contributed by atoms with E-state index in [0.29, 0.717) is 0 Å². The van der Waals surface area contributed by atoms with Crippen LogP contribution in [0.1, 0.15) is 0 Å². The molecule has 0 spiro atoms. The van der Waals surface area contributed by atoms with Crippen molar-refractivity contribution in [3.8, 4) is 5.40 Å². The first-order valence-corrected chi connectivity index (χ1v) is 0.894. The number of hydrogen-bond donors (Lipinski definition) is 1. The summed E-state index contributed by atoms with van der Waals surface area (Å²) in [4.78, 5) is 0. The fourth-order valence-corrected chi connectivity index (χ4v) is 0. The monoisotopic (exact) mass is 162 g/mol. The molecule has 0 fully saturated rings. The van der Waals surface area contributed by atoms with Crippen LogP contribution in [0.25, 0.3) is 0 Å². The maximum absolute atomic E-state index is 7.18. The van der Waals surface area contributed by atoms with Gasteiger partial charge in [0.25, 0.3) is 0 Å². The predicted molar refractivity (Wildman–Crippen MR) is 14.6 cm³/mol. The summed E-state index contributed by atoms with van der Waals surface area (Å²) >= 11 is 3.09. The Labute approximate surface area is 43.2 Å². The molecule has 1 nitrogen and oxygen atoms in total. The number of nitriles is 1. The van der Waals surface area contributed by atoms with Gasteiger partial charge >= 0.3 is 0 Å². The second-order valence-electron chi connectivity index (χ2n) is 0.100. The van der Waals surface area contributed by atoms with Crippen LogP contribution in [0.3, 0.4) is 0 Å². The van der Waals surface area contributed by atoms with Gasteiger partial charge in [-0.25, -0.2) is 0 Å². The van der Waals surface area contributed by atoms with E-state index in [2.05, 4.69) is 12.6 Å². The minimum Gasteiger partial charge on any atom is -0.185 e. The second-order valence-corrected chi connectivity index (χ2v) is 0.300. The smallest absolute Gasteiger partial charge is 0.130 e. The zero-order chi connectivity index (χ0) is 2.71. The second kappa shape index (κ2) is 9.81. The molecule has 0 aliphatic rings. The van der Waals surface area contributed by atoms with Gasteiger partial charge < -0.3 is 0 Å². The van der Waals surface area contributed by atoms with Crippen LogP contribution in [-0.4, -0.2) is 0 Å². The van der Waals surface area contributed by atoms with E-state index in [1.165, 1.54) is 5.40 Å². The van der Waals surface area contributed by atoms with Crippen LogP contribution in [0.5, 0.6) is 0 Å². The van der Waals surface area contributed by atoms with Gasteiger partial charge in [-0.1, -0.05) is 12.6 Å². The summed E-state index contributed by atoms with van der Waals surface area (Å²) in [5, 5.41) is 8.63. The summed E-state index contributed by atoms with van der Waals surface area (Å²) in [5.41, 5.74) is 0. The molecular weight excluding hydrogens is 161 g/mol. The normalized spacial score (nSPS) is 2.00. The molecule has 3 heteroatoms. The average Bonchev–Trinajstić information content (AvgIpc) is 0.918. The number of thiol groups is 1. The van der Waals surface area contributed by atoms with Gasteiger partial charge in [-0.05, 0) is 0 Å². The van der Waals surface area contributed by atoms with E-state index in [9.17, 15) is 0 Å². The van der Waals surface area contributed by atoms with Crippen molar-refractivity contribution >= 4 is 12.6 Å². The Morgan fingerprint density at radius 2 is 1.75 bits per heavy atom. The Kier molecular flexibility index (Phi) is 21.6. The standard InChI is InChI=1S/CHNS.Rh/c2-1-3;/h3H;. The van der Waals surface area contributed by atoms with E-state index in [-0.39, 0.29) is 19.5 Å². The van der Waals surface area contributed by atoms with E-state index in [1.807, 2.05) is 0 Å². The molecule has 0 rings (SSSR count). The average molecular weight is 162 g/mol. The third-order valence-corrected chi connectivity index (χ3v) is 0. The van der Waals surface area contributed by atoms with Crippen molar-refractivity contribution in [3.63, 3.8) is 0 Å². The van der Waals surface area contributed by atoms with Crippen molar-refractivity contribution in [2.75, 3.05) is 0 Å². The van der Waals surface area contributed by atoms with Crippen molar-refractivity contribution in [3.05, 3.63) is 0 Å². The van der Waals surface area contributed by atoms with Crippen molar-refractivity contribution in [2.24, 2.45) is 0 Å². The zero-order valence-electron chi connectivity index (χ0n) is 1.73. The van der Waals surface area contributed by atoms with E-state index in [1.54, 1.807) is 0 Å². The van der Waals surface area contributed by atoms with Gasteiger partial charge in [0.2, 0.25) is 0 Å². The quantitative estimate of drug-likeness (QED) is 0.311. The predicted octanol–water partition coefficient (Wildman–Crippen LogP) is 0.395. The minimum atomic E-state index is 0. The van der Waals surface area contributed by atoms with E-state index < -0.39 is 0 Å². The van der Waals surface area contributed by atoms with Crippen LogP contribution in [0, 0.1) is 10.7 Å². The molecule has 0 saturated heterocycles. The molecule has 0 aliphatic carbocycles. The molecule has 0 heterocycles. The Morgan fingerprint density at radius 3 is 1.75 bits per heavy atom. The van der Waals surface area contributed by atoms with Gasteiger partial charge in [-0.15, -0.1) is 0 Å². The minimum absolute atomic E-state index is 0. The molecule has 0 aromatic rings. The van der Waals surface area contributed by atoms with Crippen LogP contribution < -0.4 is 0 Å². The molecule has 4 heavy (non-hydrogen) atoms. The SMILES string of the molecule is N#CS.[Rh]. The van der Waals surface area contributed by atoms with E-state index in [4.69, 9.17) is 5.26 Å². The molecule has 0 aliphatic heterocycles. The fourth-order valence-electron chi connectivity index (χ4n) is 0. The van der Waals surface area contributed by atoms with Gasteiger partial charge in [0.1, 0.15) is 5.40 Å². The van der Waals surface area contributed by atoms with Crippen molar-refractivity contribution in [1.82, 2.24) is 0 Å². The Morgan fingerprint density at radius 1 is 1.75 bits per heavy atom. The summed E-state index contributed by atoms with van der Waals surface area (Å²) in [6, 6.07) is 0. The fraction of sp³-hybridized carbons (Fsp3) is 0. The summed E-state index contributed by atoms with van der Waals surface area (Å²) in [5.74, 6) is 0. The Hall–Kier alpha value is 0.463. The van der Waals surface area contributed by atoms with Crippen molar-refractivity contribution in [1.29, 1.82) is 5.26 Å². The van der Waals surface area contributed by atoms with Gasteiger partial charge in [0.05, 0.1) is 0 Å². The molecule has 0 bridgehead atoms. The van der Waals surface area contributed by atoms with Crippen LogP contribution in [0.15, 0.2) is 0 Å². The maximum atomic E-state index is 7.18. The molecular formula is CHNRhS. The molecule has 0 saturated carbocycles. The number of hydrogen-bond acceptors (Lipinski definition) is 2. The number of rotatable bonds is 0. The van der Waals surface area contributed by atoms with E-state index >= 15 is 0 Å². The molecule has 0 N–H and O–H groups in total. The number of nitrogens with zero attached hydrogens (tertiary/aromatic N) is 1. The molecule has 25 valence electrons. The molecule has 1 radical (unpaired) electrons. The Bertz CT molecular complexity index is 29.5. The van der Waals surface area contributed by atoms with Crippen LogP contribution in [0.4, 0.5) is 0 Å². The summed E-state index contributed by atoms with van der Waals surface area (Å²) in [6.07, 6.45) is 0. The first kappa shape index (κ1) is 8.82. The third-order valence-electron chi connectivity index (χ3n) is 0. The molecule has 0 aromatic heterocycles. The third kappa shape index (κ3) is 24.6. The first-order valence-electron chi connectivity index (χ1n) is 0.447. The number of thiocyanates is 1. The van der Waals surface area contributed by atoms with Gasteiger partial charge in [0, 0.05) is 19.5 Å². The topological polar surface area (TPSA) is 23.8 Å². The van der Waals surface area contributed by atoms with Crippen LogP contribution >= 0.6 is 12.6 Å². The van der Waals surface area contributed by atoms with Crippen LogP contribution in [-0.2, 0) is 19.5 Å². The van der Waals surface area contributed by atoms with Gasteiger partial charge in [-0.2, -0.15) is 5.26 Å². The summed E-state index contributed by atoms with van der Waals surface area (Å²) < 4.78 is 0. The Balaban J connectivity index is 0. The molecule has 0 amide bonds. The summed E-state index contributed by atoms with van der Waals surface area (Å²) in [6.45, 7) is 0. The molecule has 0 unspecified atom stereocenters. The summed E-state index contributed by atoms with van der Waals surface area (Å²) in [7, 11) is 0. The van der Waals surface area contributed by atoms with Crippen molar-refractivity contribution in [2.45, 2.75) is 0 Å².